The Kier molecular flexibility index (Phi) is 16.1. The van der Waals surface area contributed by atoms with E-state index in [1.165, 1.54) is 18.4 Å². The molecule has 38 heavy (non-hydrogen) atoms. The fraction of sp³-hybridized carbons (Fsp3) is 0.500. The number of nitrogens with zero attached hydrogens (tertiary/aromatic N) is 3. The van der Waals surface area contributed by atoms with Crippen molar-refractivity contribution >= 4 is 24.3 Å². The quantitative estimate of drug-likeness (QED) is 0.171. The Hall–Kier alpha value is -1.65. The van der Waals surface area contributed by atoms with Gasteiger partial charge in [0.25, 0.3) is 0 Å². The van der Waals surface area contributed by atoms with Gasteiger partial charge in [-0.2, -0.15) is 4.99 Å². The summed E-state index contributed by atoms with van der Waals surface area (Å²) in [7, 11) is 6.03. The number of aryl methyl sites for hydroxylation is 1. The minimum Gasteiger partial charge on any atom is -1.00 e. The third-order valence-corrected chi connectivity index (χ3v) is 6.64. The minimum atomic E-state index is -0.330. The third kappa shape index (κ3) is 11.2. The number of benzene rings is 2. The van der Waals surface area contributed by atoms with Crippen LogP contribution in [0.5, 0.6) is 5.75 Å². The van der Waals surface area contributed by atoms with Crippen molar-refractivity contribution in [1.29, 1.82) is 0 Å². The van der Waals surface area contributed by atoms with Crippen molar-refractivity contribution in [3.63, 3.8) is 0 Å². The van der Waals surface area contributed by atoms with E-state index in [1.807, 2.05) is 12.1 Å². The molecule has 0 radical (unpaired) electrons. The van der Waals surface area contributed by atoms with E-state index in [2.05, 4.69) is 59.2 Å². The number of piperidine rings is 1. The van der Waals surface area contributed by atoms with E-state index in [0.29, 0.717) is 25.7 Å². The molecule has 10 heteroatoms. The smallest absolute Gasteiger partial charge is 1.00 e. The van der Waals surface area contributed by atoms with Gasteiger partial charge in [0.05, 0.1) is 6.61 Å². The summed E-state index contributed by atoms with van der Waals surface area (Å²) in [5.41, 5.74) is 15.1. The molecule has 1 amide bonds. The molecule has 1 aliphatic heterocycles. The molecule has 0 saturated carbocycles. The zero-order chi connectivity index (χ0) is 25.9. The van der Waals surface area contributed by atoms with E-state index in [4.69, 9.17) is 20.9 Å². The van der Waals surface area contributed by atoms with Crippen LogP contribution in [0.3, 0.4) is 0 Å². The molecule has 1 fully saturated rings. The number of nitrogens with two attached hydrogens (primary N) is 2. The third-order valence-electron chi connectivity index (χ3n) is 6.64. The molecule has 0 atom stereocenters. The number of halogens is 1. The van der Waals surface area contributed by atoms with E-state index in [0.717, 1.165) is 48.5 Å². The standard InChI is InChI=1S/C28H41N5O3.ClH.Na.H/c1-32(2)24-13-15-33(16-14-24)20-22-5-9-23(10-6-22)25-11-7-21(8-12-27(34)31-28(29)30)19-26(25)36-18-4-17-35-3;;;/h5-7,9-11,19,24H,4,8,12-18,20H2,1-3H3,(H4,29,30,31,34);1H;;/q;;+1;-1. The molecular formula is C28H43ClN5NaO3. The minimum absolute atomic E-state index is 0. The molecule has 0 unspecified atom stereocenters. The Morgan fingerprint density at radius 1 is 1.08 bits per heavy atom. The predicted molar refractivity (Wildman–Crippen MR) is 153 cm³/mol. The van der Waals surface area contributed by atoms with Gasteiger partial charge in [-0.3, -0.25) is 9.69 Å². The summed E-state index contributed by atoms with van der Waals surface area (Å²) in [5.74, 6) is 0.263. The first kappa shape index (κ1) is 34.4. The number of guanidine groups is 1. The largest absolute Gasteiger partial charge is 1.00 e. The molecule has 0 spiro atoms. The number of aliphatic imine (C=N–C) groups is 1. The number of methoxy groups -OCH3 is 1. The summed E-state index contributed by atoms with van der Waals surface area (Å²) in [5, 5.41) is 0. The second-order valence-corrected chi connectivity index (χ2v) is 9.62. The fourth-order valence-corrected chi connectivity index (χ4v) is 4.56. The van der Waals surface area contributed by atoms with E-state index in [1.54, 1.807) is 7.11 Å². The summed E-state index contributed by atoms with van der Waals surface area (Å²) < 4.78 is 11.3. The van der Waals surface area contributed by atoms with Crippen LogP contribution in [0.4, 0.5) is 0 Å². The summed E-state index contributed by atoms with van der Waals surface area (Å²) in [6.45, 7) is 4.44. The molecule has 1 aliphatic rings. The van der Waals surface area contributed by atoms with Gasteiger partial charge in [0.15, 0.2) is 5.96 Å². The van der Waals surface area contributed by atoms with Crippen molar-refractivity contribution in [3.8, 4) is 16.9 Å². The first-order valence-electron chi connectivity index (χ1n) is 12.7. The molecule has 1 saturated heterocycles. The summed E-state index contributed by atoms with van der Waals surface area (Å²) in [6.07, 6.45) is 4.01. The topological polar surface area (TPSA) is 106 Å². The Morgan fingerprint density at radius 2 is 1.74 bits per heavy atom. The molecule has 206 valence electrons. The number of hydrogen-bond acceptors (Lipinski definition) is 5. The average molecular weight is 556 g/mol. The summed E-state index contributed by atoms with van der Waals surface area (Å²) in [4.78, 5) is 20.3. The van der Waals surface area contributed by atoms with Crippen LogP contribution in [-0.2, 0) is 22.5 Å². The second kappa shape index (κ2) is 17.8. The van der Waals surface area contributed by atoms with E-state index in [-0.39, 0.29) is 61.7 Å². The Labute approximate surface area is 257 Å². The van der Waals surface area contributed by atoms with Crippen molar-refractivity contribution < 1.29 is 45.3 Å². The second-order valence-electron chi connectivity index (χ2n) is 9.62. The number of likely N-dealkylation sites (tertiary alicyclic amines) is 1. The van der Waals surface area contributed by atoms with Gasteiger partial charge in [-0.25, -0.2) is 0 Å². The summed E-state index contributed by atoms with van der Waals surface area (Å²) >= 11 is 0. The summed E-state index contributed by atoms with van der Waals surface area (Å²) in [6, 6.07) is 15.6. The van der Waals surface area contributed by atoms with E-state index in [9.17, 15) is 4.79 Å². The molecule has 3 rings (SSSR count). The van der Waals surface area contributed by atoms with E-state index < -0.39 is 0 Å². The van der Waals surface area contributed by atoms with Crippen molar-refractivity contribution in [2.24, 2.45) is 16.5 Å². The molecule has 8 nitrogen and oxygen atoms in total. The molecule has 2 aromatic rings. The van der Waals surface area contributed by atoms with Crippen LogP contribution in [0.15, 0.2) is 47.5 Å². The molecule has 4 N–H and O–H groups in total. The van der Waals surface area contributed by atoms with Crippen molar-refractivity contribution in [3.05, 3.63) is 53.6 Å². The van der Waals surface area contributed by atoms with Gasteiger partial charge in [0.2, 0.25) is 5.91 Å². The number of carbonyl (C=O) groups excluding carboxylic acids is 1. The van der Waals surface area contributed by atoms with Gasteiger partial charge < -0.3 is 27.3 Å². The Bertz CT molecular complexity index is 1010. The first-order chi connectivity index (χ1) is 17.4. The fourth-order valence-electron chi connectivity index (χ4n) is 4.56. The molecule has 0 aliphatic carbocycles. The van der Waals surface area contributed by atoms with Gasteiger partial charge in [-0.05, 0) is 69.2 Å². The molecule has 1 heterocycles. The van der Waals surface area contributed by atoms with E-state index >= 15 is 0 Å². The van der Waals surface area contributed by atoms with Gasteiger partial charge in [0, 0.05) is 44.7 Å². The maximum Gasteiger partial charge on any atom is 1.00 e. The number of carbonyl (C=O) groups is 1. The molecular weight excluding hydrogens is 513 g/mol. The van der Waals surface area contributed by atoms with Crippen LogP contribution in [0.1, 0.15) is 38.2 Å². The SMILES string of the molecule is COCCCOc1cc(CCC(=O)N=C(N)N)ccc1-c1ccc(CN2CCC(N(C)C)CC2)cc1.Cl.[H-].[Na+]. The van der Waals surface area contributed by atoms with Crippen molar-refractivity contribution in [1.82, 2.24) is 9.80 Å². The van der Waals surface area contributed by atoms with Crippen LogP contribution in [-0.4, -0.2) is 75.2 Å². The maximum absolute atomic E-state index is 11.9. The van der Waals surface area contributed by atoms with Crippen LogP contribution >= 0.6 is 12.4 Å². The van der Waals surface area contributed by atoms with Crippen molar-refractivity contribution in [2.45, 2.75) is 44.7 Å². The molecule has 0 aromatic heterocycles. The first-order valence-corrected chi connectivity index (χ1v) is 12.7. The van der Waals surface area contributed by atoms with Crippen LogP contribution in [0.25, 0.3) is 11.1 Å². The predicted octanol–water partition coefficient (Wildman–Crippen LogP) is 0.566. The number of hydrogen-bond donors (Lipinski definition) is 2. The number of ether oxygens (including phenoxy) is 2. The van der Waals surface area contributed by atoms with Gasteiger partial charge >= 0.3 is 29.6 Å². The normalized spacial score (nSPS) is 13.9. The Balaban J connectivity index is 0.00000481. The van der Waals surface area contributed by atoms with Gasteiger partial charge in [0.1, 0.15) is 5.75 Å². The number of amides is 1. The van der Waals surface area contributed by atoms with Crippen LogP contribution < -0.4 is 45.8 Å². The zero-order valence-corrected chi connectivity index (χ0v) is 26.1. The maximum atomic E-state index is 11.9. The van der Waals surface area contributed by atoms with Gasteiger partial charge in [-0.1, -0.05) is 36.4 Å². The molecule has 0 bridgehead atoms. The zero-order valence-electron chi connectivity index (χ0n) is 24.3. The number of rotatable bonds is 12. The van der Waals surface area contributed by atoms with Crippen LogP contribution in [0.2, 0.25) is 0 Å². The Morgan fingerprint density at radius 3 is 2.34 bits per heavy atom. The average Bonchev–Trinajstić information content (AvgIpc) is 2.86. The van der Waals surface area contributed by atoms with Gasteiger partial charge in [-0.15, -0.1) is 12.4 Å². The monoisotopic (exact) mass is 555 g/mol. The van der Waals surface area contributed by atoms with Crippen molar-refractivity contribution in [2.75, 3.05) is 47.5 Å². The van der Waals surface area contributed by atoms with Crippen LogP contribution in [0, 0.1) is 0 Å². The molecule has 2 aromatic carbocycles.